The largest absolute Gasteiger partial charge is 0.240 e. The quantitative estimate of drug-likeness (QED) is 0.938. The van der Waals surface area contributed by atoms with Crippen molar-refractivity contribution in [1.82, 2.24) is 4.72 Å². The first-order chi connectivity index (χ1) is 10.6. The molecule has 3 atom stereocenters. The minimum absolute atomic E-state index is 0.370. The molecule has 4 rings (SSSR count). The van der Waals surface area contributed by atoms with Gasteiger partial charge in [-0.2, -0.15) is 0 Å². The molecule has 2 fully saturated rings. The molecule has 0 aromatic heterocycles. The Morgan fingerprint density at radius 2 is 1.82 bits per heavy atom. The minimum Gasteiger partial charge on any atom is -0.211 e. The van der Waals surface area contributed by atoms with Gasteiger partial charge in [0.05, 0.1) is 4.90 Å². The van der Waals surface area contributed by atoms with E-state index in [0.717, 1.165) is 22.6 Å². The minimum atomic E-state index is -3.41. The van der Waals surface area contributed by atoms with Crippen LogP contribution in [0.15, 0.2) is 47.4 Å². The molecule has 0 unspecified atom stereocenters. The van der Waals surface area contributed by atoms with Gasteiger partial charge >= 0.3 is 0 Å². The summed E-state index contributed by atoms with van der Waals surface area (Å²) in [7, 11) is -3.41. The molecule has 0 radical (unpaired) electrons. The van der Waals surface area contributed by atoms with Crippen LogP contribution in [0.3, 0.4) is 0 Å². The van der Waals surface area contributed by atoms with Crippen molar-refractivity contribution >= 4 is 20.8 Å². The van der Waals surface area contributed by atoms with E-state index in [2.05, 4.69) is 4.72 Å². The number of fused-ring (bicyclic) bond motifs is 3. The van der Waals surface area contributed by atoms with E-state index in [4.69, 9.17) is 0 Å². The number of hydrogen-bond acceptors (Lipinski definition) is 2. The lowest BCUT2D eigenvalue weighted by Gasteiger charge is -2.21. The third kappa shape index (κ3) is 2.55. The van der Waals surface area contributed by atoms with E-state index in [1.54, 1.807) is 12.1 Å². The van der Waals surface area contributed by atoms with Gasteiger partial charge in [-0.25, -0.2) is 13.1 Å². The normalized spacial score (nSPS) is 27.5. The van der Waals surface area contributed by atoms with Crippen LogP contribution in [0.2, 0.25) is 0 Å². The Hall–Kier alpha value is -1.39. The Bertz CT molecular complexity index is 800. The highest BCUT2D eigenvalue weighted by molar-refractivity contribution is 7.89. The zero-order valence-corrected chi connectivity index (χ0v) is 13.4. The van der Waals surface area contributed by atoms with E-state index in [-0.39, 0.29) is 0 Å². The van der Waals surface area contributed by atoms with E-state index in [1.165, 1.54) is 25.7 Å². The van der Waals surface area contributed by atoms with Crippen molar-refractivity contribution in [2.75, 3.05) is 6.54 Å². The number of nitrogens with one attached hydrogen (secondary N) is 1. The second-order valence-electron chi connectivity index (χ2n) is 6.80. The monoisotopic (exact) mass is 315 g/mol. The molecule has 2 aliphatic carbocycles. The lowest BCUT2D eigenvalue weighted by atomic mass is 9.89. The van der Waals surface area contributed by atoms with E-state index in [0.29, 0.717) is 17.4 Å². The molecular weight excluding hydrogens is 294 g/mol. The SMILES string of the molecule is O=S(=O)(NC[C@H]1C[C@@H]2CC[C@@H]1C2)c1ccc2ccccc2c1. The predicted molar refractivity (Wildman–Crippen MR) is 88.1 cm³/mol. The summed E-state index contributed by atoms with van der Waals surface area (Å²) >= 11 is 0. The Kier molecular flexibility index (Phi) is 3.46. The average Bonchev–Trinajstić information content (AvgIpc) is 3.15. The maximum absolute atomic E-state index is 12.5. The second-order valence-corrected chi connectivity index (χ2v) is 8.56. The fraction of sp³-hybridized carbons (Fsp3) is 0.444. The van der Waals surface area contributed by atoms with Crippen LogP contribution in [0.1, 0.15) is 25.7 Å². The van der Waals surface area contributed by atoms with Crippen LogP contribution in [0.5, 0.6) is 0 Å². The van der Waals surface area contributed by atoms with E-state index in [9.17, 15) is 8.42 Å². The van der Waals surface area contributed by atoms with Gasteiger partial charge in [0.2, 0.25) is 10.0 Å². The molecule has 0 amide bonds. The molecule has 4 heteroatoms. The zero-order chi connectivity index (χ0) is 15.2. The first-order valence-electron chi connectivity index (χ1n) is 8.10. The number of rotatable bonds is 4. The van der Waals surface area contributed by atoms with Crippen LogP contribution in [0.25, 0.3) is 10.8 Å². The van der Waals surface area contributed by atoms with Gasteiger partial charge in [0.25, 0.3) is 0 Å². The Labute approximate surface area is 131 Å². The molecule has 0 heterocycles. The first kappa shape index (κ1) is 14.2. The molecule has 2 aromatic carbocycles. The lowest BCUT2D eigenvalue weighted by molar-refractivity contribution is 0.333. The summed E-state index contributed by atoms with van der Waals surface area (Å²) in [6.07, 6.45) is 5.14. The van der Waals surface area contributed by atoms with Crippen molar-refractivity contribution in [3.63, 3.8) is 0 Å². The molecule has 0 aliphatic heterocycles. The van der Waals surface area contributed by atoms with Gasteiger partial charge in [-0.3, -0.25) is 0 Å². The van der Waals surface area contributed by atoms with Gasteiger partial charge < -0.3 is 0 Å². The maximum atomic E-state index is 12.5. The van der Waals surface area contributed by atoms with Crippen LogP contribution in [0, 0.1) is 17.8 Å². The highest BCUT2D eigenvalue weighted by atomic mass is 32.2. The van der Waals surface area contributed by atoms with Crippen molar-refractivity contribution < 1.29 is 8.42 Å². The number of hydrogen-bond donors (Lipinski definition) is 1. The average molecular weight is 315 g/mol. The molecule has 1 N–H and O–H groups in total. The molecule has 22 heavy (non-hydrogen) atoms. The van der Waals surface area contributed by atoms with Gasteiger partial charge in [0.1, 0.15) is 0 Å². The summed E-state index contributed by atoms with van der Waals surface area (Å²) < 4.78 is 27.9. The zero-order valence-electron chi connectivity index (χ0n) is 12.5. The predicted octanol–water partition coefficient (Wildman–Crippen LogP) is 3.55. The van der Waals surface area contributed by atoms with Gasteiger partial charge in [-0.1, -0.05) is 36.8 Å². The molecule has 0 saturated heterocycles. The summed E-state index contributed by atoms with van der Waals surface area (Å²) in [5, 5.41) is 2.03. The molecule has 116 valence electrons. The Morgan fingerprint density at radius 3 is 2.55 bits per heavy atom. The highest BCUT2D eigenvalue weighted by Crippen LogP contribution is 2.48. The standard InChI is InChI=1S/C18H21NO2S/c20-22(21,19-12-17-10-13-5-6-16(17)9-13)18-8-7-14-3-1-2-4-15(14)11-18/h1-4,7-8,11,13,16-17,19H,5-6,9-10,12H2/t13-,16-,17-/m1/s1. The molecule has 2 saturated carbocycles. The highest BCUT2D eigenvalue weighted by Gasteiger charge is 2.39. The van der Waals surface area contributed by atoms with Crippen molar-refractivity contribution in [3.8, 4) is 0 Å². The summed E-state index contributed by atoms with van der Waals surface area (Å²) in [6.45, 7) is 0.594. The van der Waals surface area contributed by atoms with E-state index >= 15 is 0 Å². The number of sulfonamides is 1. The van der Waals surface area contributed by atoms with Crippen molar-refractivity contribution in [2.24, 2.45) is 17.8 Å². The maximum Gasteiger partial charge on any atom is 0.240 e. The Morgan fingerprint density at radius 1 is 1.00 bits per heavy atom. The second kappa shape index (κ2) is 5.36. The fourth-order valence-corrected chi connectivity index (χ4v) is 5.39. The van der Waals surface area contributed by atoms with Gasteiger partial charge in [-0.05, 0) is 59.9 Å². The van der Waals surface area contributed by atoms with Crippen molar-refractivity contribution in [3.05, 3.63) is 42.5 Å². The molecule has 2 aliphatic rings. The van der Waals surface area contributed by atoms with Gasteiger partial charge in [0, 0.05) is 6.54 Å². The summed E-state index contributed by atoms with van der Waals surface area (Å²) in [4.78, 5) is 0.370. The molecular formula is C18H21NO2S. The fourth-order valence-electron chi connectivity index (χ4n) is 4.26. The van der Waals surface area contributed by atoms with Gasteiger partial charge in [0.15, 0.2) is 0 Å². The molecule has 2 bridgehead atoms. The molecule has 3 nitrogen and oxygen atoms in total. The summed E-state index contributed by atoms with van der Waals surface area (Å²) in [5.41, 5.74) is 0. The summed E-state index contributed by atoms with van der Waals surface area (Å²) in [6, 6.07) is 13.2. The van der Waals surface area contributed by atoms with Crippen molar-refractivity contribution in [1.29, 1.82) is 0 Å². The third-order valence-corrected chi connectivity index (χ3v) is 6.87. The topological polar surface area (TPSA) is 46.2 Å². The van der Waals surface area contributed by atoms with Crippen LogP contribution in [0.4, 0.5) is 0 Å². The molecule has 2 aromatic rings. The van der Waals surface area contributed by atoms with Crippen LogP contribution in [-0.2, 0) is 10.0 Å². The summed E-state index contributed by atoms with van der Waals surface area (Å²) in [5.74, 6) is 2.12. The van der Waals surface area contributed by atoms with E-state index < -0.39 is 10.0 Å². The number of benzene rings is 2. The Balaban J connectivity index is 1.52. The van der Waals surface area contributed by atoms with Gasteiger partial charge in [-0.15, -0.1) is 0 Å². The van der Waals surface area contributed by atoms with Crippen LogP contribution in [-0.4, -0.2) is 15.0 Å². The van der Waals surface area contributed by atoms with Crippen LogP contribution >= 0.6 is 0 Å². The smallest absolute Gasteiger partial charge is 0.211 e. The van der Waals surface area contributed by atoms with Crippen LogP contribution < -0.4 is 4.72 Å². The lowest BCUT2D eigenvalue weighted by Crippen LogP contribution is -2.31. The first-order valence-corrected chi connectivity index (χ1v) is 9.58. The van der Waals surface area contributed by atoms with Crippen molar-refractivity contribution in [2.45, 2.75) is 30.6 Å². The third-order valence-electron chi connectivity index (χ3n) is 5.45. The van der Waals surface area contributed by atoms with E-state index in [1.807, 2.05) is 30.3 Å². The molecule has 0 spiro atoms.